The lowest BCUT2D eigenvalue weighted by Gasteiger charge is -2.44. The zero-order valence-electron chi connectivity index (χ0n) is 25.7. The molecule has 1 fully saturated rings. The summed E-state index contributed by atoms with van der Waals surface area (Å²) in [5.41, 5.74) is 2.25. The molecule has 1 heterocycles. The van der Waals surface area contributed by atoms with Crippen molar-refractivity contribution in [1.82, 2.24) is 5.32 Å². The first-order chi connectivity index (χ1) is 20.9. The molecule has 0 aliphatic carbocycles. The van der Waals surface area contributed by atoms with Crippen LogP contribution in [-0.4, -0.2) is 58.3 Å². The van der Waals surface area contributed by atoms with Gasteiger partial charge >= 0.3 is 6.09 Å². The number of quaternary nitrogens is 1. The Bertz CT molecular complexity index is 1340. The number of amides is 1. The van der Waals surface area contributed by atoms with Crippen LogP contribution in [0.5, 0.6) is 0 Å². The second-order valence-electron chi connectivity index (χ2n) is 12.4. The van der Waals surface area contributed by atoms with E-state index in [1.807, 2.05) is 12.1 Å². The summed E-state index contributed by atoms with van der Waals surface area (Å²) in [5.74, 6) is 0. The fourth-order valence-electron chi connectivity index (χ4n) is 6.71. The Kier molecular flexibility index (Phi) is 9.93. The standard InChI is InChI=1S/C37H45N2O3Si/c1-37(2,3)43(33-21-12-6-13-22-33,34-23-14-7-15-24-34)42-30-16-29-41-36(40)39(27-25-38-26-28-39)35(31-17-8-4-9-18-31)32-19-10-5-11-20-32/h4-15,17-24,35,38H,16,25-30H2,1-3H3/q+1. The molecule has 1 saturated heterocycles. The molecule has 5 nitrogen and oxygen atoms in total. The van der Waals surface area contributed by atoms with Gasteiger partial charge in [0.1, 0.15) is 13.1 Å². The van der Waals surface area contributed by atoms with E-state index in [-0.39, 0.29) is 21.7 Å². The minimum Gasteiger partial charge on any atom is -0.420 e. The lowest BCUT2D eigenvalue weighted by molar-refractivity contribution is -0.884. The van der Waals surface area contributed by atoms with Crippen molar-refractivity contribution in [3.8, 4) is 0 Å². The van der Waals surface area contributed by atoms with Crippen LogP contribution in [0.25, 0.3) is 0 Å². The Morgan fingerprint density at radius 3 is 1.60 bits per heavy atom. The third-order valence-electron chi connectivity index (χ3n) is 8.71. The van der Waals surface area contributed by atoms with Crippen LogP contribution >= 0.6 is 0 Å². The van der Waals surface area contributed by atoms with E-state index in [0.29, 0.717) is 32.7 Å². The summed E-state index contributed by atoms with van der Waals surface area (Å²) in [6, 6.07) is 42.0. The summed E-state index contributed by atoms with van der Waals surface area (Å²) in [5, 5.41) is 5.86. The van der Waals surface area contributed by atoms with Gasteiger partial charge in [0, 0.05) is 37.2 Å². The third kappa shape index (κ3) is 6.53. The van der Waals surface area contributed by atoms with Gasteiger partial charge < -0.3 is 14.5 Å². The van der Waals surface area contributed by atoms with E-state index in [1.54, 1.807) is 0 Å². The lowest BCUT2D eigenvalue weighted by atomic mass is 9.94. The Morgan fingerprint density at radius 1 is 0.721 bits per heavy atom. The lowest BCUT2D eigenvalue weighted by Crippen LogP contribution is -2.66. The molecule has 1 aliphatic rings. The van der Waals surface area contributed by atoms with Gasteiger partial charge in [-0.25, -0.2) is 4.48 Å². The van der Waals surface area contributed by atoms with E-state index in [2.05, 4.69) is 135 Å². The molecule has 4 aromatic carbocycles. The number of benzene rings is 4. The van der Waals surface area contributed by atoms with Crippen LogP contribution in [0.3, 0.4) is 0 Å². The van der Waals surface area contributed by atoms with Crippen LogP contribution < -0.4 is 15.7 Å². The van der Waals surface area contributed by atoms with Gasteiger partial charge in [0.15, 0.2) is 6.04 Å². The van der Waals surface area contributed by atoms with Gasteiger partial charge in [0.25, 0.3) is 8.32 Å². The number of hydrogen-bond acceptors (Lipinski definition) is 4. The van der Waals surface area contributed by atoms with Crippen molar-refractivity contribution < 1.29 is 18.4 Å². The molecule has 5 rings (SSSR count). The van der Waals surface area contributed by atoms with E-state index in [0.717, 1.165) is 24.2 Å². The number of hydrogen-bond donors (Lipinski definition) is 1. The van der Waals surface area contributed by atoms with E-state index in [1.165, 1.54) is 10.4 Å². The number of nitrogens with one attached hydrogen (secondary N) is 1. The minimum atomic E-state index is -2.63. The summed E-state index contributed by atoms with van der Waals surface area (Å²) >= 11 is 0. The molecule has 0 radical (unpaired) electrons. The number of piperazine rings is 1. The third-order valence-corrected chi connectivity index (χ3v) is 13.8. The molecular weight excluding hydrogens is 549 g/mol. The summed E-state index contributed by atoms with van der Waals surface area (Å²) in [7, 11) is -2.63. The molecule has 4 aromatic rings. The van der Waals surface area contributed by atoms with Gasteiger partial charge in [-0.15, -0.1) is 0 Å². The summed E-state index contributed by atoms with van der Waals surface area (Å²) in [4.78, 5) is 14.2. The van der Waals surface area contributed by atoms with E-state index >= 15 is 0 Å². The molecule has 0 spiro atoms. The van der Waals surface area contributed by atoms with Gasteiger partial charge in [0.2, 0.25) is 0 Å². The SMILES string of the molecule is CC(C)(C)[Si](OCCCOC(=O)[N+]1(C(c2ccccc2)c2ccccc2)CCNCC1)(c1ccccc1)c1ccccc1. The van der Waals surface area contributed by atoms with Crippen LogP contribution in [0.1, 0.15) is 44.4 Å². The summed E-state index contributed by atoms with van der Waals surface area (Å²) in [6.45, 7) is 10.6. The normalized spacial score (nSPS) is 15.3. The van der Waals surface area contributed by atoms with Crippen LogP contribution in [0.4, 0.5) is 4.79 Å². The highest BCUT2D eigenvalue weighted by molar-refractivity contribution is 6.99. The second kappa shape index (κ2) is 13.8. The molecule has 1 amide bonds. The van der Waals surface area contributed by atoms with Crippen LogP contribution in [0.15, 0.2) is 121 Å². The van der Waals surface area contributed by atoms with Gasteiger partial charge in [-0.2, -0.15) is 4.79 Å². The Morgan fingerprint density at radius 2 is 1.16 bits per heavy atom. The highest BCUT2D eigenvalue weighted by Crippen LogP contribution is 2.38. The van der Waals surface area contributed by atoms with Crippen LogP contribution in [-0.2, 0) is 9.16 Å². The fourth-order valence-corrected chi connectivity index (χ4v) is 11.3. The minimum absolute atomic E-state index is 0.0962. The Hall–Kier alpha value is -3.55. The van der Waals surface area contributed by atoms with Crippen LogP contribution in [0.2, 0.25) is 5.04 Å². The monoisotopic (exact) mass is 593 g/mol. The first kappa shape index (κ1) is 30.9. The molecule has 224 valence electrons. The maximum absolute atomic E-state index is 14.2. The molecule has 0 saturated carbocycles. The van der Waals surface area contributed by atoms with Crippen molar-refractivity contribution in [2.24, 2.45) is 0 Å². The predicted molar refractivity (Wildman–Crippen MR) is 177 cm³/mol. The van der Waals surface area contributed by atoms with Crippen molar-refractivity contribution in [2.75, 3.05) is 39.4 Å². The van der Waals surface area contributed by atoms with Gasteiger partial charge in [-0.1, -0.05) is 142 Å². The topological polar surface area (TPSA) is 47.6 Å². The molecule has 0 aromatic heterocycles. The maximum Gasteiger partial charge on any atom is 0.516 e. The first-order valence-corrected chi connectivity index (χ1v) is 17.4. The zero-order valence-corrected chi connectivity index (χ0v) is 26.7. The smallest absolute Gasteiger partial charge is 0.420 e. The van der Waals surface area contributed by atoms with Crippen molar-refractivity contribution >= 4 is 24.8 Å². The van der Waals surface area contributed by atoms with Crippen molar-refractivity contribution in [2.45, 2.75) is 38.3 Å². The second-order valence-corrected chi connectivity index (χ2v) is 16.7. The van der Waals surface area contributed by atoms with Crippen molar-refractivity contribution in [3.63, 3.8) is 0 Å². The quantitative estimate of drug-likeness (QED) is 0.133. The van der Waals surface area contributed by atoms with Gasteiger partial charge in [0.05, 0.1) is 6.61 Å². The fraction of sp³-hybridized carbons (Fsp3) is 0.324. The molecule has 0 atom stereocenters. The Labute approximate surface area is 258 Å². The van der Waals surface area contributed by atoms with Gasteiger partial charge in [-0.3, -0.25) is 0 Å². The average Bonchev–Trinajstić information content (AvgIpc) is 3.04. The highest BCUT2D eigenvalue weighted by atomic mass is 28.4. The first-order valence-electron chi connectivity index (χ1n) is 15.5. The molecular formula is C37H45N2O3Si+. The highest BCUT2D eigenvalue weighted by Gasteiger charge is 2.51. The molecule has 0 bridgehead atoms. The maximum atomic E-state index is 14.2. The molecule has 1 aliphatic heterocycles. The number of carbonyl (C=O) groups excluding carboxylic acids is 1. The summed E-state index contributed by atoms with van der Waals surface area (Å²) < 4.78 is 13.4. The van der Waals surface area contributed by atoms with Gasteiger partial charge in [-0.05, 0) is 15.4 Å². The molecule has 43 heavy (non-hydrogen) atoms. The average molecular weight is 594 g/mol. The molecule has 0 unspecified atom stereocenters. The van der Waals surface area contributed by atoms with E-state index in [4.69, 9.17) is 9.16 Å². The van der Waals surface area contributed by atoms with Crippen molar-refractivity contribution in [3.05, 3.63) is 132 Å². The predicted octanol–water partition coefficient (Wildman–Crippen LogP) is 6.30. The van der Waals surface area contributed by atoms with E-state index in [9.17, 15) is 4.79 Å². The number of ether oxygens (including phenoxy) is 1. The largest absolute Gasteiger partial charge is 0.516 e. The molecule has 6 heteroatoms. The zero-order chi connectivity index (χ0) is 30.2. The number of rotatable bonds is 10. The number of carbonyl (C=O) groups is 1. The van der Waals surface area contributed by atoms with E-state index < -0.39 is 8.32 Å². The Balaban J connectivity index is 1.35. The van der Waals surface area contributed by atoms with Crippen LogP contribution in [0, 0.1) is 0 Å². The van der Waals surface area contributed by atoms with Crippen molar-refractivity contribution in [1.29, 1.82) is 0 Å². The summed E-state index contributed by atoms with van der Waals surface area (Å²) in [6.07, 6.45) is 0.472. The number of nitrogens with zero attached hydrogens (tertiary/aromatic N) is 1. The molecule has 1 N–H and O–H groups in total.